The predicted octanol–water partition coefficient (Wildman–Crippen LogP) is 2.41. The quantitative estimate of drug-likeness (QED) is 0.784. The predicted molar refractivity (Wildman–Crippen MR) is 68.9 cm³/mol. The van der Waals surface area contributed by atoms with Crippen molar-refractivity contribution in [1.29, 1.82) is 0 Å². The Kier molecular flexibility index (Phi) is 5.16. The topological polar surface area (TPSA) is 29.5 Å². The number of ether oxygens (including phenoxy) is 1. The normalized spacial score (nSPS) is 10.6. The molecule has 0 fully saturated rings. The van der Waals surface area contributed by atoms with Crippen LogP contribution in [0.4, 0.5) is 0 Å². The summed E-state index contributed by atoms with van der Waals surface area (Å²) < 4.78 is 4.82. The van der Waals surface area contributed by atoms with Gasteiger partial charge in [0.15, 0.2) is 0 Å². The molecule has 17 heavy (non-hydrogen) atoms. The number of nitrogens with zero attached hydrogens (tertiary/aromatic N) is 1. The van der Waals surface area contributed by atoms with Crippen molar-refractivity contribution in [2.75, 3.05) is 20.8 Å². The van der Waals surface area contributed by atoms with Crippen molar-refractivity contribution in [1.82, 2.24) is 4.90 Å². The van der Waals surface area contributed by atoms with Crippen LogP contribution in [0.3, 0.4) is 0 Å². The lowest BCUT2D eigenvalue weighted by Gasteiger charge is -2.17. The van der Waals surface area contributed by atoms with E-state index in [1.54, 1.807) is 11.9 Å². The van der Waals surface area contributed by atoms with Gasteiger partial charge in [0, 0.05) is 20.7 Å². The maximum absolute atomic E-state index is 11.5. The second-order valence-electron chi connectivity index (χ2n) is 4.58. The molecule has 1 rings (SSSR count). The molecule has 1 amide bonds. The molecule has 3 nitrogen and oxygen atoms in total. The Hall–Kier alpha value is -1.35. The highest BCUT2D eigenvalue weighted by molar-refractivity contribution is 5.77. The molecule has 0 heterocycles. The molecular formula is C14H21NO2. The molecular weight excluding hydrogens is 214 g/mol. The van der Waals surface area contributed by atoms with E-state index in [-0.39, 0.29) is 12.5 Å². The summed E-state index contributed by atoms with van der Waals surface area (Å²) >= 11 is 0. The maximum Gasteiger partial charge on any atom is 0.248 e. The Balaban J connectivity index is 2.60. The summed E-state index contributed by atoms with van der Waals surface area (Å²) in [5.74, 6) is 0.539. The molecule has 0 bridgehead atoms. The number of methoxy groups -OCH3 is 1. The van der Waals surface area contributed by atoms with Gasteiger partial charge < -0.3 is 9.64 Å². The SMILES string of the molecule is COCC(=O)N(C)Cc1ccc(C(C)C)cc1. The molecule has 1 aromatic rings. The highest BCUT2D eigenvalue weighted by atomic mass is 16.5. The third-order valence-corrected chi connectivity index (χ3v) is 2.76. The molecule has 0 saturated carbocycles. The fraction of sp³-hybridized carbons (Fsp3) is 0.500. The van der Waals surface area contributed by atoms with Crippen LogP contribution in [0.15, 0.2) is 24.3 Å². The van der Waals surface area contributed by atoms with E-state index in [1.807, 2.05) is 0 Å². The number of amides is 1. The Morgan fingerprint density at radius 2 is 1.88 bits per heavy atom. The van der Waals surface area contributed by atoms with Gasteiger partial charge in [-0.3, -0.25) is 4.79 Å². The van der Waals surface area contributed by atoms with Crippen molar-refractivity contribution in [2.24, 2.45) is 0 Å². The summed E-state index contributed by atoms with van der Waals surface area (Å²) in [7, 11) is 3.32. The molecule has 0 N–H and O–H groups in total. The second kappa shape index (κ2) is 6.40. The Morgan fingerprint density at radius 3 is 2.35 bits per heavy atom. The first kappa shape index (κ1) is 13.7. The van der Waals surface area contributed by atoms with E-state index in [0.29, 0.717) is 12.5 Å². The van der Waals surface area contributed by atoms with Gasteiger partial charge >= 0.3 is 0 Å². The molecule has 94 valence electrons. The van der Waals surface area contributed by atoms with Crippen LogP contribution in [-0.4, -0.2) is 31.6 Å². The largest absolute Gasteiger partial charge is 0.375 e. The summed E-state index contributed by atoms with van der Waals surface area (Å²) in [6, 6.07) is 8.39. The first-order valence-electron chi connectivity index (χ1n) is 5.86. The van der Waals surface area contributed by atoms with E-state index >= 15 is 0 Å². The van der Waals surface area contributed by atoms with E-state index < -0.39 is 0 Å². The lowest BCUT2D eigenvalue weighted by molar-refractivity contribution is -0.134. The van der Waals surface area contributed by atoms with Gasteiger partial charge in [-0.25, -0.2) is 0 Å². The average molecular weight is 235 g/mol. The Labute approximate surface area is 103 Å². The van der Waals surface area contributed by atoms with Crippen LogP contribution < -0.4 is 0 Å². The fourth-order valence-electron chi connectivity index (χ4n) is 1.60. The van der Waals surface area contributed by atoms with Gasteiger partial charge in [0.25, 0.3) is 0 Å². The number of hydrogen-bond acceptors (Lipinski definition) is 2. The highest BCUT2D eigenvalue weighted by Crippen LogP contribution is 2.15. The number of likely N-dealkylation sites (N-methyl/N-ethyl adjacent to an activating group) is 1. The first-order valence-corrected chi connectivity index (χ1v) is 5.86. The van der Waals surface area contributed by atoms with E-state index in [4.69, 9.17) is 4.74 Å². The zero-order chi connectivity index (χ0) is 12.8. The number of benzene rings is 1. The van der Waals surface area contributed by atoms with Crippen molar-refractivity contribution < 1.29 is 9.53 Å². The third kappa shape index (κ3) is 4.19. The highest BCUT2D eigenvalue weighted by Gasteiger charge is 2.08. The average Bonchev–Trinajstić information content (AvgIpc) is 2.30. The maximum atomic E-state index is 11.5. The van der Waals surface area contributed by atoms with E-state index in [2.05, 4.69) is 38.1 Å². The van der Waals surface area contributed by atoms with Crippen LogP contribution in [0.5, 0.6) is 0 Å². The first-order chi connectivity index (χ1) is 8.04. The van der Waals surface area contributed by atoms with Gasteiger partial charge in [-0.2, -0.15) is 0 Å². The standard InChI is InChI=1S/C14H21NO2/c1-11(2)13-7-5-12(6-8-13)9-15(3)14(16)10-17-4/h5-8,11H,9-10H2,1-4H3. The number of rotatable bonds is 5. The molecule has 0 atom stereocenters. The van der Waals surface area contributed by atoms with Crippen LogP contribution in [0.25, 0.3) is 0 Å². The summed E-state index contributed by atoms with van der Waals surface area (Å²) in [5, 5.41) is 0. The molecule has 3 heteroatoms. The molecule has 0 aliphatic carbocycles. The van der Waals surface area contributed by atoms with Crippen LogP contribution in [0.2, 0.25) is 0 Å². The zero-order valence-corrected chi connectivity index (χ0v) is 11.1. The fourth-order valence-corrected chi connectivity index (χ4v) is 1.60. The van der Waals surface area contributed by atoms with Gasteiger partial charge in [-0.05, 0) is 17.0 Å². The van der Waals surface area contributed by atoms with Gasteiger partial charge in [0.2, 0.25) is 5.91 Å². The minimum atomic E-state index is 0.000404. The lowest BCUT2D eigenvalue weighted by atomic mass is 10.0. The van der Waals surface area contributed by atoms with Crippen molar-refractivity contribution in [2.45, 2.75) is 26.3 Å². The van der Waals surface area contributed by atoms with Gasteiger partial charge in [0.05, 0.1) is 0 Å². The van der Waals surface area contributed by atoms with Gasteiger partial charge in [-0.1, -0.05) is 38.1 Å². The molecule has 0 saturated heterocycles. The van der Waals surface area contributed by atoms with Crippen molar-refractivity contribution in [3.63, 3.8) is 0 Å². The number of carbonyl (C=O) groups excluding carboxylic acids is 1. The van der Waals surface area contributed by atoms with E-state index in [1.165, 1.54) is 12.7 Å². The van der Waals surface area contributed by atoms with Crippen molar-refractivity contribution in [3.05, 3.63) is 35.4 Å². The number of carbonyl (C=O) groups is 1. The zero-order valence-electron chi connectivity index (χ0n) is 11.1. The summed E-state index contributed by atoms with van der Waals surface area (Å²) in [6.45, 7) is 5.10. The van der Waals surface area contributed by atoms with Crippen LogP contribution in [0.1, 0.15) is 30.9 Å². The summed E-state index contributed by atoms with van der Waals surface area (Å²) in [4.78, 5) is 13.2. The lowest BCUT2D eigenvalue weighted by Crippen LogP contribution is -2.29. The van der Waals surface area contributed by atoms with Crippen molar-refractivity contribution >= 4 is 5.91 Å². The van der Waals surface area contributed by atoms with Gasteiger partial charge in [0.1, 0.15) is 6.61 Å². The van der Waals surface area contributed by atoms with Crippen molar-refractivity contribution in [3.8, 4) is 0 Å². The molecule has 0 unspecified atom stereocenters. The molecule has 0 spiro atoms. The molecule has 0 aromatic heterocycles. The molecule has 0 aliphatic rings. The van der Waals surface area contributed by atoms with Crippen LogP contribution >= 0.6 is 0 Å². The Bertz CT molecular complexity index is 357. The van der Waals surface area contributed by atoms with Crippen LogP contribution in [-0.2, 0) is 16.1 Å². The minimum absolute atomic E-state index is 0.000404. The van der Waals surface area contributed by atoms with Gasteiger partial charge in [-0.15, -0.1) is 0 Å². The number of hydrogen-bond donors (Lipinski definition) is 0. The molecule has 1 aromatic carbocycles. The smallest absolute Gasteiger partial charge is 0.248 e. The van der Waals surface area contributed by atoms with Crippen LogP contribution in [0, 0.1) is 0 Å². The monoisotopic (exact) mass is 235 g/mol. The summed E-state index contributed by atoms with van der Waals surface area (Å²) in [6.07, 6.45) is 0. The third-order valence-electron chi connectivity index (χ3n) is 2.76. The second-order valence-corrected chi connectivity index (χ2v) is 4.58. The molecule has 0 radical (unpaired) electrons. The minimum Gasteiger partial charge on any atom is -0.375 e. The summed E-state index contributed by atoms with van der Waals surface area (Å²) in [5.41, 5.74) is 2.46. The van der Waals surface area contributed by atoms with E-state index in [9.17, 15) is 4.79 Å². The van der Waals surface area contributed by atoms with E-state index in [0.717, 1.165) is 5.56 Å². The Morgan fingerprint density at radius 1 is 1.29 bits per heavy atom. The molecule has 0 aliphatic heterocycles.